The van der Waals surface area contributed by atoms with Crippen molar-refractivity contribution >= 4 is 16.9 Å². The molecule has 0 aliphatic heterocycles. The Morgan fingerprint density at radius 3 is 2.51 bits per heavy atom. The van der Waals surface area contributed by atoms with Gasteiger partial charge in [-0.25, -0.2) is 14.4 Å². The molecule has 1 N–H and O–H groups in total. The van der Waals surface area contributed by atoms with E-state index < -0.39 is 5.82 Å². The number of nitriles is 1. The summed E-state index contributed by atoms with van der Waals surface area (Å²) in [6.45, 7) is 6.47. The quantitative estimate of drug-likeness (QED) is 0.274. The van der Waals surface area contributed by atoms with Crippen molar-refractivity contribution in [2.45, 2.75) is 58.5 Å². The molecule has 0 bridgehead atoms. The lowest BCUT2D eigenvalue weighted by Crippen LogP contribution is -2.38. The highest BCUT2D eigenvalue weighted by Crippen LogP contribution is 2.34. The summed E-state index contributed by atoms with van der Waals surface area (Å²) in [5.41, 5.74) is 5.12. The van der Waals surface area contributed by atoms with Gasteiger partial charge in [0, 0.05) is 36.6 Å². The number of aryl methyl sites for hydroxylation is 1. The molecule has 4 aromatic rings. The first-order chi connectivity index (χ1) is 17.9. The van der Waals surface area contributed by atoms with Crippen molar-refractivity contribution < 1.29 is 4.39 Å². The summed E-state index contributed by atoms with van der Waals surface area (Å²) in [7, 11) is 4.15. The number of imidazole rings is 1. The molecule has 2 aromatic carbocycles. The van der Waals surface area contributed by atoms with Crippen LogP contribution in [0, 0.1) is 24.1 Å². The van der Waals surface area contributed by atoms with Crippen LogP contribution < -0.4 is 10.2 Å². The highest BCUT2D eigenvalue weighted by molar-refractivity contribution is 5.90. The smallest absolute Gasteiger partial charge is 0.167 e. The van der Waals surface area contributed by atoms with Crippen LogP contribution in [0.1, 0.15) is 50.7 Å². The van der Waals surface area contributed by atoms with E-state index in [1.807, 2.05) is 61.1 Å². The van der Waals surface area contributed by atoms with E-state index in [9.17, 15) is 9.65 Å². The number of pyridine rings is 1. The van der Waals surface area contributed by atoms with Crippen molar-refractivity contribution in [3.63, 3.8) is 0 Å². The molecule has 37 heavy (non-hydrogen) atoms. The number of nitrogens with one attached hydrogen (secondary N) is 1. The second-order valence-electron chi connectivity index (χ2n) is 9.60. The summed E-state index contributed by atoms with van der Waals surface area (Å²) in [6, 6.07) is 17.4. The van der Waals surface area contributed by atoms with Gasteiger partial charge < -0.3 is 10.2 Å². The number of hydrogen-bond acceptors (Lipinski definition) is 5. The Balaban J connectivity index is 1.91. The summed E-state index contributed by atoms with van der Waals surface area (Å²) >= 11 is 0. The van der Waals surface area contributed by atoms with Crippen LogP contribution >= 0.6 is 0 Å². The fraction of sp³-hybridized carbons (Fsp3) is 0.367. The molecule has 2 heterocycles. The van der Waals surface area contributed by atoms with E-state index >= 15 is 0 Å². The van der Waals surface area contributed by atoms with Gasteiger partial charge in [0.25, 0.3) is 0 Å². The van der Waals surface area contributed by atoms with Gasteiger partial charge in [0.1, 0.15) is 23.2 Å². The Hall–Kier alpha value is -3.76. The minimum absolute atomic E-state index is 0.0118. The molecule has 7 heteroatoms. The van der Waals surface area contributed by atoms with E-state index in [0.29, 0.717) is 29.1 Å². The zero-order chi connectivity index (χ0) is 26.5. The first-order valence-corrected chi connectivity index (χ1v) is 13.0. The van der Waals surface area contributed by atoms with Gasteiger partial charge in [0.05, 0.1) is 11.3 Å². The summed E-state index contributed by atoms with van der Waals surface area (Å²) in [6.07, 6.45) is 6.05. The van der Waals surface area contributed by atoms with E-state index in [2.05, 4.69) is 31.1 Å². The fourth-order valence-corrected chi connectivity index (χ4v) is 4.94. The Labute approximate surface area is 218 Å². The number of halogens is 1. The second kappa shape index (κ2) is 11.5. The third-order valence-corrected chi connectivity index (χ3v) is 7.17. The van der Waals surface area contributed by atoms with Crippen LogP contribution in [0.25, 0.3) is 28.2 Å². The average Bonchev–Trinajstić information content (AvgIpc) is 3.31. The molecule has 2 atom stereocenters. The Morgan fingerprint density at radius 1 is 1.14 bits per heavy atom. The van der Waals surface area contributed by atoms with Crippen LogP contribution in [-0.2, 0) is 0 Å². The lowest BCUT2D eigenvalue weighted by molar-refractivity contribution is 0.427. The van der Waals surface area contributed by atoms with E-state index in [0.717, 1.165) is 48.1 Å². The van der Waals surface area contributed by atoms with Gasteiger partial charge in [-0.3, -0.25) is 4.57 Å². The number of hydrogen-bond donors (Lipinski definition) is 1. The molecule has 0 aliphatic carbocycles. The molecule has 0 aliphatic rings. The number of nitrogens with zero attached hydrogens (tertiary/aromatic N) is 5. The van der Waals surface area contributed by atoms with E-state index in [1.165, 1.54) is 12.1 Å². The maximum atomic E-state index is 14.7. The predicted molar refractivity (Wildman–Crippen MR) is 149 cm³/mol. The Kier molecular flexibility index (Phi) is 8.20. The third kappa shape index (κ3) is 5.35. The molecule has 0 saturated heterocycles. The fourth-order valence-electron chi connectivity index (χ4n) is 4.94. The van der Waals surface area contributed by atoms with Gasteiger partial charge in [-0.1, -0.05) is 38.0 Å². The monoisotopic (exact) mass is 498 g/mol. The van der Waals surface area contributed by atoms with Crippen molar-refractivity contribution in [2.75, 3.05) is 19.0 Å². The maximum Gasteiger partial charge on any atom is 0.167 e. The highest BCUT2D eigenvalue weighted by atomic mass is 19.1. The summed E-state index contributed by atoms with van der Waals surface area (Å²) in [5, 5.41) is 12.7. The van der Waals surface area contributed by atoms with Crippen molar-refractivity contribution in [1.82, 2.24) is 19.9 Å². The van der Waals surface area contributed by atoms with Crippen LogP contribution in [0.3, 0.4) is 0 Å². The van der Waals surface area contributed by atoms with Crippen LogP contribution in [0.2, 0.25) is 0 Å². The lowest BCUT2D eigenvalue weighted by atomic mass is 9.99. The van der Waals surface area contributed by atoms with Crippen molar-refractivity contribution in [1.29, 1.82) is 5.26 Å². The van der Waals surface area contributed by atoms with Gasteiger partial charge in [-0.15, -0.1) is 0 Å². The number of rotatable bonds is 10. The van der Waals surface area contributed by atoms with Crippen LogP contribution in [0.4, 0.5) is 10.1 Å². The first kappa shape index (κ1) is 26.3. The molecule has 0 spiro atoms. The Morgan fingerprint density at radius 2 is 1.89 bits per heavy atom. The molecule has 6 nitrogen and oxygen atoms in total. The van der Waals surface area contributed by atoms with Crippen LogP contribution in [0.15, 0.2) is 54.7 Å². The predicted octanol–water partition coefficient (Wildman–Crippen LogP) is 6.40. The van der Waals surface area contributed by atoms with Crippen molar-refractivity contribution in [2.24, 2.45) is 0 Å². The molecular formula is C30H35FN6. The normalized spacial score (nSPS) is 12.9. The molecule has 4 rings (SSSR count). The zero-order valence-corrected chi connectivity index (χ0v) is 22.3. The van der Waals surface area contributed by atoms with Crippen LogP contribution in [0.5, 0.6) is 0 Å². The average molecular weight is 499 g/mol. The summed E-state index contributed by atoms with van der Waals surface area (Å²) < 4.78 is 16.7. The molecular weight excluding hydrogens is 463 g/mol. The number of fused-ring (bicyclic) bond motifs is 1. The van der Waals surface area contributed by atoms with Gasteiger partial charge >= 0.3 is 0 Å². The van der Waals surface area contributed by atoms with E-state index in [4.69, 9.17) is 9.97 Å². The van der Waals surface area contributed by atoms with Crippen molar-refractivity contribution in [3.05, 3.63) is 71.7 Å². The van der Waals surface area contributed by atoms with Gasteiger partial charge in [-0.05, 0) is 69.6 Å². The molecule has 2 aromatic heterocycles. The molecule has 192 valence electrons. The highest BCUT2D eigenvalue weighted by Gasteiger charge is 2.24. The van der Waals surface area contributed by atoms with Gasteiger partial charge in [0.2, 0.25) is 0 Å². The second-order valence-corrected chi connectivity index (χ2v) is 9.60. The molecule has 0 amide bonds. The summed E-state index contributed by atoms with van der Waals surface area (Å²) in [5.74, 6) is 0.0257. The van der Waals surface area contributed by atoms with Crippen molar-refractivity contribution in [3.8, 4) is 23.1 Å². The molecule has 0 saturated carbocycles. The van der Waals surface area contributed by atoms with E-state index in [-0.39, 0.29) is 5.56 Å². The van der Waals surface area contributed by atoms with Gasteiger partial charge in [0.15, 0.2) is 5.65 Å². The number of benzene rings is 2. The standard InChI is InChI=1S/C30H35FN6/c1-6-8-25(18-23(7-2)33-4)36(5)27-15-16-34-30-28(27)35-29(21-11-12-22(19-32)26(31)17-21)37(30)24-13-9-20(3)10-14-24/h9-17,23,25,33H,6-8,18H2,1-5H3. The maximum absolute atomic E-state index is 14.7. The zero-order valence-electron chi connectivity index (χ0n) is 22.3. The minimum atomic E-state index is -0.562. The number of aromatic nitrogens is 3. The third-order valence-electron chi connectivity index (χ3n) is 7.17. The molecule has 2 unspecified atom stereocenters. The Bertz CT molecular complexity index is 1400. The van der Waals surface area contributed by atoms with Gasteiger partial charge in [-0.2, -0.15) is 5.26 Å². The first-order valence-electron chi connectivity index (χ1n) is 13.0. The largest absolute Gasteiger partial charge is 0.370 e. The number of anilines is 1. The molecule has 0 radical (unpaired) electrons. The molecule has 0 fully saturated rings. The SMILES string of the molecule is CCCC(CC(CC)NC)N(C)c1ccnc2c1nc(-c1ccc(C#N)c(F)c1)n2-c1ccc(C)cc1. The summed E-state index contributed by atoms with van der Waals surface area (Å²) in [4.78, 5) is 12.1. The topological polar surface area (TPSA) is 69.8 Å². The van der Waals surface area contributed by atoms with Crippen LogP contribution in [-0.4, -0.2) is 40.7 Å². The minimum Gasteiger partial charge on any atom is -0.370 e. The van der Waals surface area contributed by atoms with E-state index in [1.54, 1.807) is 6.07 Å². The lowest BCUT2D eigenvalue weighted by Gasteiger charge is -2.32.